The van der Waals surface area contributed by atoms with Crippen molar-refractivity contribution in [1.82, 2.24) is 5.32 Å². The number of benzene rings is 2. The van der Waals surface area contributed by atoms with Crippen LogP contribution in [0.1, 0.15) is 24.0 Å². The summed E-state index contributed by atoms with van der Waals surface area (Å²) >= 11 is 0. The monoisotopic (exact) mass is 267 g/mol. The Kier molecular flexibility index (Phi) is 4.34. The van der Waals surface area contributed by atoms with Gasteiger partial charge in [0.1, 0.15) is 12.4 Å². The molecule has 2 aromatic rings. The van der Waals surface area contributed by atoms with Crippen LogP contribution in [0.4, 0.5) is 0 Å². The minimum absolute atomic E-state index is 0.629. The van der Waals surface area contributed by atoms with Crippen molar-refractivity contribution < 1.29 is 4.74 Å². The van der Waals surface area contributed by atoms with E-state index in [2.05, 4.69) is 41.7 Å². The highest BCUT2D eigenvalue weighted by atomic mass is 16.5. The molecular formula is C18H21NO. The van der Waals surface area contributed by atoms with Gasteiger partial charge in [-0.25, -0.2) is 0 Å². The van der Waals surface area contributed by atoms with Crippen molar-refractivity contribution in [3.63, 3.8) is 0 Å². The molecule has 0 amide bonds. The molecule has 3 rings (SSSR count). The van der Waals surface area contributed by atoms with E-state index >= 15 is 0 Å². The smallest absolute Gasteiger partial charge is 0.119 e. The van der Waals surface area contributed by atoms with Crippen LogP contribution < -0.4 is 10.1 Å². The molecule has 0 bridgehead atoms. The summed E-state index contributed by atoms with van der Waals surface area (Å²) in [6.45, 7) is 1.80. The molecule has 1 fully saturated rings. The Hall–Kier alpha value is -1.80. The predicted molar refractivity (Wildman–Crippen MR) is 81.9 cm³/mol. The maximum absolute atomic E-state index is 5.80. The fourth-order valence-corrected chi connectivity index (χ4v) is 2.68. The molecule has 1 unspecified atom stereocenters. The summed E-state index contributed by atoms with van der Waals surface area (Å²) in [7, 11) is 0. The van der Waals surface area contributed by atoms with Crippen LogP contribution in [-0.4, -0.2) is 12.6 Å². The molecule has 0 aromatic heterocycles. The van der Waals surface area contributed by atoms with E-state index in [-0.39, 0.29) is 0 Å². The predicted octanol–water partition coefficient (Wildman–Crippen LogP) is 3.56. The van der Waals surface area contributed by atoms with Gasteiger partial charge in [-0.1, -0.05) is 42.5 Å². The van der Waals surface area contributed by atoms with Gasteiger partial charge >= 0.3 is 0 Å². The molecular weight excluding hydrogens is 246 g/mol. The maximum Gasteiger partial charge on any atom is 0.119 e. The summed E-state index contributed by atoms with van der Waals surface area (Å²) in [5.74, 6) is 0.942. The fourth-order valence-electron chi connectivity index (χ4n) is 2.68. The van der Waals surface area contributed by atoms with E-state index in [1.165, 1.54) is 30.5 Å². The third kappa shape index (κ3) is 3.61. The van der Waals surface area contributed by atoms with Gasteiger partial charge in [-0.05, 0) is 49.1 Å². The normalized spacial score (nSPS) is 18.1. The minimum atomic E-state index is 0.629. The zero-order valence-corrected chi connectivity index (χ0v) is 11.7. The molecule has 0 spiro atoms. The lowest BCUT2D eigenvalue weighted by molar-refractivity contribution is 0.306. The van der Waals surface area contributed by atoms with Crippen molar-refractivity contribution in [1.29, 1.82) is 0 Å². The van der Waals surface area contributed by atoms with E-state index in [9.17, 15) is 0 Å². The molecule has 2 aromatic carbocycles. The summed E-state index contributed by atoms with van der Waals surface area (Å²) in [4.78, 5) is 0. The van der Waals surface area contributed by atoms with Crippen molar-refractivity contribution in [2.75, 3.05) is 6.54 Å². The molecule has 2 nitrogen and oxygen atoms in total. The van der Waals surface area contributed by atoms with Crippen molar-refractivity contribution >= 4 is 0 Å². The lowest BCUT2D eigenvalue weighted by atomic mass is 10.0. The average Bonchev–Trinajstić information content (AvgIpc) is 3.01. The van der Waals surface area contributed by atoms with Gasteiger partial charge in [0.05, 0.1) is 0 Å². The molecule has 0 aliphatic carbocycles. The molecule has 1 N–H and O–H groups in total. The van der Waals surface area contributed by atoms with E-state index in [4.69, 9.17) is 4.74 Å². The van der Waals surface area contributed by atoms with Gasteiger partial charge < -0.3 is 10.1 Å². The molecule has 0 radical (unpaired) electrons. The number of rotatable bonds is 5. The molecule has 0 saturated carbocycles. The van der Waals surface area contributed by atoms with Crippen molar-refractivity contribution in [3.05, 3.63) is 65.7 Å². The summed E-state index contributed by atoms with van der Waals surface area (Å²) in [5.41, 5.74) is 2.59. The topological polar surface area (TPSA) is 21.3 Å². The Morgan fingerprint density at radius 2 is 1.75 bits per heavy atom. The molecule has 1 saturated heterocycles. The van der Waals surface area contributed by atoms with Crippen molar-refractivity contribution in [2.24, 2.45) is 0 Å². The summed E-state index contributed by atoms with van der Waals surface area (Å²) in [6, 6.07) is 19.4. The average molecular weight is 267 g/mol. The molecule has 1 heterocycles. The van der Waals surface area contributed by atoms with Crippen LogP contribution in [0.25, 0.3) is 0 Å². The molecule has 104 valence electrons. The van der Waals surface area contributed by atoms with Crippen LogP contribution in [0.3, 0.4) is 0 Å². The van der Waals surface area contributed by atoms with Crippen molar-refractivity contribution in [2.45, 2.75) is 31.9 Å². The third-order valence-corrected chi connectivity index (χ3v) is 3.82. The largest absolute Gasteiger partial charge is 0.489 e. The zero-order chi connectivity index (χ0) is 13.6. The SMILES string of the molecule is c1ccc(COc2ccc(CC3CCCN3)cc2)cc1. The number of ether oxygens (including phenoxy) is 1. The Balaban J connectivity index is 1.53. The van der Waals surface area contributed by atoms with E-state index in [0.29, 0.717) is 12.6 Å². The molecule has 20 heavy (non-hydrogen) atoms. The summed E-state index contributed by atoms with van der Waals surface area (Å²) < 4.78 is 5.80. The zero-order valence-electron chi connectivity index (χ0n) is 11.7. The van der Waals surface area contributed by atoms with Gasteiger partial charge in [0.25, 0.3) is 0 Å². The maximum atomic E-state index is 5.80. The van der Waals surface area contributed by atoms with Gasteiger partial charge in [-0.15, -0.1) is 0 Å². The highest BCUT2D eigenvalue weighted by molar-refractivity contribution is 5.28. The first-order chi connectivity index (χ1) is 9.90. The van der Waals surface area contributed by atoms with E-state index < -0.39 is 0 Å². The Morgan fingerprint density at radius 1 is 0.950 bits per heavy atom. The Labute approximate surface area is 120 Å². The molecule has 2 heteroatoms. The summed E-state index contributed by atoms with van der Waals surface area (Å²) in [6.07, 6.45) is 3.73. The Bertz CT molecular complexity index is 515. The first-order valence-corrected chi connectivity index (χ1v) is 7.39. The first kappa shape index (κ1) is 13.2. The van der Waals surface area contributed by atoms with Gasteiger partial charge in [-0.2, -0.15) is 0 Å². The highest BCUT2D eigenvalue weighted by Gasteiger charge is 2.13. The van der Waals surface area contributed by atoms with Crippen LogP contribution in [0, 0.1) is 0 Å². The minimum Gasteiger partial charge on any atom is -0.489 e. The number of hydrogen-bond acceptors (Lipinski definition) is 2. The van der Waals surface area contributed by atoms with E-state index in [0.717, 1.165) is 12.2 Å². The fraction of sp³-hybridized carbons (Fsp3) is 0.333. The molecule has 1 atom stereocenters. The molecule has 1 aliphatic rings. The van der Waals surface area contributed by atoms with Crippen molar-refractivity contribution in [3.8, 4) is 5.75 Å². The van der Waals surface area contributed by atoms with Gasteiger partial charge in [0.15, 0.2) is 0 Å². The van der Waals surface area contributed by atoms with Crippen LogP contribution in [0.15, 0.2) is 54.6 Å². The number of nitrogens with one attached hydrogen (secondary N) is 1. The second-order valence-corrected chi connectivity index (χ2v) is 5.42. The highest BCUT2D eigenvalue weighted by Crippen LogP contribution is 2.17. The summed E-state index contributed by atoms with van der Waals surface area (Å²) in [5, 5.41) is 3.54. The van der Waals surface area contributed by atoms with Gasteiger partial charge in [0.2, 0.25) is 0 Å². The molecule has 1 aliphatic heterocycles. The van der Waals surface area contributed by atoms with Crippen LogP contribution in [0.5, 0.6) is 5.75 Å². The van der Waals surface area contributed by atoms with Crippen LogP contribution in [0.2, 0.25) is 0 Å². The van der Waals surface area contributed by atoms with E-state index in [1.807, 2.05) is 18.2 Å². The second kappa shape index (κ2) is 6.58. The van der Waals surface area contributed by atoms with Crippen LogP contribution >= 0.6 is 0 Å². The van der Waals surface area contributed by atoms with Gasteiger partial charge in [0, 0.05) is 6.04 Å². The van der Waals surface area contributed by atoms with Crippen LogP contribution in [-0.2, 0) is 13.0 Å². The number of hydrogen-bond donors (Lipinski definition) is 1. The van der Waals surface area contributed by atoms with Gasteiger partial charge in [-0.3, -0.25) is 0 Å². The quantitative estimate of drug-likeness (QED) is 0.894. The second-order valence-electron chi connectivity index (χ2n) is 5.42. The first-order valence-electron chi connectivity index (χ1n) is 7.39. The van der Waals surface area contributed by atoms with E-state index in [1.54, 1.807) is 0 Å². The standard InChI is InChI=1S/C18H21NO/c1-2-5-16(6-3-1)14-20-18-10-8-15(9-11-18)13-17-7-4-12-19-17/h1-3,5-6,8-11,17,19H,4,7,12-14H2. The third-order valence-electron chi connectivity index (χ3n) is 3.82. The Morgan fingerprint density at radius 3 is 2.45 bits per heavy atom. The lowest BCUT2D eigenvalue weighted by Gasteiger charge is -2.11. The lowest BCUT2D eigenvalue weighted by Crippen LogP contribution is -2.23.